The summed E-state index contributed by atoms with van der Waals surface area (Å²) in [6.45, 7) is 8.01. The summed E-state index contributed by atoms with van der Waals surface area (Å²) >= 11 is 6.21. The fourth-order valence-electron chi connectivity index (χ4n) is 7.31. The number of halogens is 1. The van der Waals surface area contributed by atoms with Gasteiger partial charge in [0.05, 0.1) is 12.2 Å². The number of likely N-dealkylation sites (tertiary alicyclic amines) is 1. The minimum atomic E-state index is -0.0385. The lowest BCUT2D eigenvalue weighted by Crippen LogP contribution is -2.45. The number of nitrogens with zero attached hydrogens (tertiary/aromatic N) is 4. The van der Waals surface area contributed by atoms with Gasteiger partial charge < -0.3 is 19.4 Å². The number of carbonyl (C=O) groups excluding carboxylic acids is 2. The zero-order valence-corrected chi connectivity index (χ0v) is 27.1. The van der Waals surface area contributed by atoms with E-state index in [-0.39, 0.29) is 17.9 Å². The highest BCUT2D eigenvalue weighted by Crippen LogP contribution is 2.34. The summed E-state index contributed by atoms with van der Waals surface area (Å²) in [5.41, 5.74) is 3.65. The van der Waals surface area contributed by atoms with Crippen LogP contribution in [0.25, 0.3) is 0 Å². The first-order chi connectivity index (χ1) is 22.0. The fourth-order valence-corrected chi connectivity index (χ4v) is 7.43. The van der Waals surface area contributed by atoms with Crippen molar-refractivity contribution in [3.63, 3.8) is 0 Å². The molecule has 45 heavy (non-hydrogen) atoms. The van der Waals surface area contributed by atoms with E-state index >= 15 is 0 Å². The first kappa shape index (κ1) is 31.6. The molecule has 0 radical (unpaired) electrons. The number of benzene rings is 3. The molecule has 2 fully saturated rings. The van der Waals surface area contributed by atoms with Crippen LogP contribution in [0.3, 0.4) is 0 Å². The molecular formula is C37H45ClN4O3. The molecule has 2 bridgehead atoms. The summed E-state index contributed by atoms with van der Waals surface area (Å²) in [4.78, 5) is 36.5. The lowest BCUT2D eigenvalue weighted by molar-refractivity contribution is -0.116. The standard InChI is InChI=1S/C37H45ClN4O3/c1-28(43)41-23-19-32-17-18-33(42(32)25-29-13-15-31(38)16-14-29)27-40(26-30-9-2-4-11-35(30)41)37(44)34-10-3-5-12-36(34)45-24-8-22-39-20-6-7-21-39/h2-5,9-16,32-33H,6-8,17-27H2,1H3/t32-,33+/m1/s1. The number of ether oxygens (including phenoxy) is 1. The predicted molar refractivity (Wildman–Crippen MR) is 180 cm³/mol. The van der Waals surface area contributed by atoms with Gasteiger partial charge in [-0.1, -0.05) is 54.1 Å². The number of para-hydroxylation sites is 2. The third-order valence-corrected chi connectivity index (χ3v) is 9.92. The van der Waals surface area contributed by atoms with E-state index in [2.05, 4.69) is 21.9 Å². The van der Waals surface area contributed by atoms with E-state index < -0.39 is 0 Å². The number of fused-ring (bicyclic) bond motifs is 3. The van der Waals surface area contributed by atoms with E-state index in [0.29, 0.717) is 43.6 Å². The molecule has 3 aromatic rings. The molecule has 7 nitrogen and oxygen atoms in total. The Hall–Kier alpha value is -3.39. The topological polar surface area (TPSA) is 56.3 Å². The van der Waals surface area contributed by atoms with E-state index in [1.54, 1.807) is 6.92 Å². The van der Waals surface area contributed by atoms with Gasteiger partial charge in [0.1, 0.15) is 5.75 Å². The molecule has 0 unspecified atom stereocenters. The maximum atomic E-state index is 14.5. The Kier molecular flexibility index (Phi) is 10.4. The SMILES string of the molecule is CC(=O)N1CC[C@H]2CC[C@@H](CN(C(=O)c3ccccc3OCCCN3CCCC3)Cc3ccccc31)N2Cc1ccc(Cl)cc1. The Balaban J connectivity index is 1.29. The van der Waals surface area contributed by atoms with Crippen molar-refractivity contribution >= 4 is 29.1 Å². The van der Waals surface area contributed by atoms with Crippen LogP contribution in [0.2, 0.25) is 5.02 Å². The Labute approximate surface area is 272 Å². The van der Waals surface area contributed by atoms with Crippen molar-refractivity contribution in [3.8, 4) is 5.75 Å². The molecular weight excluding hydrogens is 584 g/mol. The summed E-state index contributed by atoms with van der Waals surface area (Å²) in [6.07, 6.45) is 6.40. The molecule has 2 amide bonds. The molecule has 3 aliphatic rings. The van der Waals surface area contributed by atoms with Gasteiger partial charge in [0, 0.05) is 62.4 Å². The highest BCUT2D eigenvalue weighted by Gasteiger charge is 2.37. The Morgan fingerprint density at radius 1 is 0.867 bits per heavy atom. The number of rotatable bonds is 8. The molecule has 8 heteroatoms. The highest BCUT2D eigenvalue weighted by atomic mass is 35.5. The van der Waals surface area contributed by atoms with Gasteiger partial charge in [0.2, 0.25) is 5.91 Å². The fraction of sp³-hybridized carbons (Fsp3) is 0.459. The van der Waals surface area contributed by atoms with Gasteiger partial charge in [-0.05, 0) is 93.1 Å². The van der Waals surface area contributed by atoms with Gasteiger partial charge in [-0.2, -0.15) is 0 Å². The van der Waals surface area contributed by atoms with Crippen molar-refractivity contribution in [2.75, 3.05) is 44.2 Å². The molecule has 2 saturated heterocycles. The van der Waals surface area contributed by atoms with Gasteiger partial charge >= 0.3 is 0 Å². The van der Waals surface area contributed by atoms with Crippen LogP contribution < -0.4 is 9.64 Å². The van der Waals surface area contributed by atoms with Crippen molar-refractivity contribution < 1.29 is 14.3 Å². The second-order valence-corrected chi connectivity index (χ2v) is 13.1. The second-order valence-electron chi connectivity index (χ2n) is 12.7. The number of carbonyl (C=O) groups is 2. The molecule has 3 heterocycles. The third-order valence-electron chi connectivity index (χ3n) is 9.67. The van der Waals surface area contributed by atoms with Gasteiger partial charge in [-0.25, -0.2) is 0 Å². The van der Waals surface area contributed by atoms with Gasteiger partial charge in [-0.15, -0.1) is 0 Å². The van der Waals surface area contributed by atoms with E-state index in [4.69, 9.17) is 16.3 Å². The number of amides is 2. The Morgan fingerprint density at radius 3 is 2.40 bits per heavy atom. The van der Waals surface area contributed by atoms with Crippen molar-refractivity contribution in [2.24, 2.45) is 0 Å². The quantitative estimate of drug-likeness (QED) is 0.262. The second kappa shape index (κ2) is 14.8. The van der Waals surface area contributed by atoms with E-state index in [1.165, 1.54) is 31.5 Å². The lowest BCUT2D eigenvalue weighted by Gasteiger charge is -2.34. The monoisotopic (exact) mass is 628 g/mol. The largest absolute Gasteiger partial charge is 0.493 e. The maximum absolute atomic E-state index is 14.5. The van der Waals surface area contributed by atoms with Crippen molar-refractivity contribution in [1.82, 2.24) is 14.7 Å². The first-order valence-corrected chi connectivity index (χ1v) is 16.9. The van der Waals surface area contributed by atoms with Gasteiger partial charge in [0.15, 0.2) is 0 Å². The minimum Gasteiger partial charge on any atom is -0.493 e. The summed E-state index contributed by atoms with van der Waals surface area (Å²) in [5.74, 6) is 0.619. The zero-order chi connectivity index (χ0) is 31.2. The van der Waals surface area contributed by atoms with Gasteiger partial charge in [0.25, 0.3) is 5.91 Å². The number of hydrogen-bond donors (Lipinski definition) is 0. The lowest BCUT2D eigenvalue weighted by atomic mass is 10.1. The number of hydrogen-bond acceptors (Lipinski definition) is 5. The maximum Gasteiger partial charge on any atom is 0.257 e. The van der Waals surface area contributed by atoms with Crippen LogP contribution in [0.15, 0.2) is 72.8 Å². The smallest absolute Gasteiger partial charge is 0.257 e. The molecule has 0 aromatic heterocycles. The molecule has 3 aliphatic heterocycles. The molecule has 238 valence electrons. The van der Waals surface area contributed by atoms with Crippen molar-refractivity contribution in [2.45, 2.75) is 70.6 Å². The predicted octanol–water partition coefficient (Wildman–Crippen LogP) is 6.64. The Morgan fingerprint density at radius 2 is 1.60 bits per heavy atom. The van der Waals surface area contributed by atoms with Crippen molar-refractivity contribution in [1.29, 1.82) is 0 Å². The summed E-state index contributed by atoms with van der Waals surface area (Å²) in [6, 6.07) is 24.3. The summed E-state index contributed by atoms with van der Waals surface area (Å²) < 4.78 is 6.27. The van der Waals surface area contributed by atoms with Crippen LogP contribution >= 0.6 is 11.6 Å². The molecule has 0 N–H and O–H groups in total. The molecule has 0 spiro atoms. The van der Waals surface area contributed by atoms with Crippen molar-refractivity contribution in [3.05, 3.63) is 94.5 Å². The Bertz CT molecular complexity index is 1460. The normalized spacial score (nSPS) is 20.9. The summed E-state index contributed by atoms with van der Waals surface area (Å²) in [7, 11) is 0. The van der Waals surface area contributed by atoms with Crippen LogP contribution in [-0.4, -0.2) is 77.9 Å². The van der Waals surface area contributed by atoms with Crippen LogP contribution in [0.1, 0.15) is 66.9 Å². The highest BCUT2D eigenvalue weighted by molar-refractivity contribution is 6.30. The van der Waals surface area contributed by atoms with Gasteiger partial charge in [-0.3, -0.25) is 14.5 Å². The molecule has 0 aliphatic carbocycles. The minimum absolute atomic E-state index is 0.0195. The van der Waals surface area contributed by atoms with Crippen LogP contribution in [0.5, 0.6) is 5.75 Å². The first-order valence-electron chi connectivity index (χ1n) is 16.6. The van der Waals surface area contributed by atoms with E-state index in [0.717, 1.165) is 55.0 Å². The zero-order valence-electron chi connectivity index (χ0n) is 26.4. The average molecular weight is 629 g/mol. The molecule has 3 aromatic carbocycles. The van der Waals surface area contributed by atoms with Crippen LogP contribution in [-0.2, 0) is 17.9 Å². The third kappa shape index (κ3) is 7.71. The molecule has 0 saturated carbocycles. The molecule has 6 rings (SSSR count). The molecule has 2 atom stereocenters. The average Bonchev–Trinajstić information content (AvgIpc) is 3.70. The van der Waals surface area contributed by atoms with Crippen LogP contribution in [0.4, 0.5) is 5.69 Å². The number of anilines is 1. The van der Waals surface area contributed by atoms with Crippen LogP contribution in [0, 0.1) is 0 Å². The van der Waals surface area contributed by atoms with E-state index in [1.807, 2.05) is 70.5 Å². The summed E-state index contributed by atoms with van der Waals surface area (Å²) in [5, 5.41) is 0.725. The van der Waals surface area contributed by atoms with E-state index in [9.17, 15) is 9.59 Å².